The molecule has 1 unspecified atom stereocenters. The van der Waals surface area contributed by atoms with Crippen LogP contribution in [0.15, 0.2) is 17.8 Å². The number of rotatable bonds is 5. The normalized spacial score (nSPS) is 12.9. The Balaban J connectivity index is 2.06. The summed E-state index contributed by atoms with van der Waals surface area (Å²) in [6, 6.07) is 2.06. The lowest BCUT2D eigenvalue weighted by molar-refractivity contribution is 0.569. The molecule has 2 aromatic rings. The fourth-order valence-electron chi connectivity index (χ4n) is 1.62. The van der Waals surface area contributed by atoms with Crippen LogP contribution in [0.5, 0.6) is 0 Å². The predicted octanol–water partition coefficient (Wildman–Crippen LogP) is 1.96. The number of anilines is 1. The van der Waals surface area contributed by atoms with Crippen LogP contribution < -0.4 is 10.6 Å². The summed E-state index contributed by atoms with van der Waals surface area (Å²) in [4.78, 5) is 9.54. The van der Waals surface area contributed by atoms with Crippen LogP contribution in [0.2, 0.25) is 0 Å². The first-order valence-corrected chi connectivity index (χ1v) is 6.26. The standard InChI is InChI=1S/C11H16N4S/c1-8(5-12-2)6-13-10-9-3-4-16-11(9)15-7-14-10/h3-4,7-8,12H,5-6H2,1-2H3,(H,13,14,15). The van der Waals surface area contributed by atoms with Crippen LogP contribution in [0, 0.1) is 5.92 Å². The molecule has 0 aliphatic rings. The van der Waals surface area contributed by atoms with Crippen molar-refractivity contribution in [2.45, 2.75) is 6.92 Å². The number of aromatic nitrogens is 2. The second-order valence-electron chi connectivity index (χ2n) is 3.91. The summed E-state index contributed by atoms with van der Waals surface area (Å²) < 4.78 is 0. The van der Waals surface area contributed by atoms with Gasteiger partial charge in [-0.3, -0.25) is 0 Å². The molecule has 2 rings (SSSR count). The molecule has 1 atom stereocenters. The maximum absolute atomic E-state index is 4.28. The van der Waals surface area contributed by atoms with E-state index in [0.29, 0.717) is 5.92 Å². The van der Waals surface area contributed by atoms with Crippen LogP contribution in [0.1, 0.15) is 6.92 Å². The minimum absolute atomic E-state index is 0.577. The van der Waals surface area contributed by atoms with Crippen molar-refractivity contribution in [1.29, 1.82) is 0 Å². The van der Waals surface area contributed by atoms with Crippen LogP contribution in [-0.4, -0.2) is 30.1 Å². The molecular weight excluding hydrogens is 220 g/mol. The van der Waals surface area contributed by atoms with Crippen molar-refractivity contribution in [3.63, 3.8) is 0 Å². The molecular formula is C11H16N4S. The number of nitrogens with one attached hydrogen (secondary N) is 2. The van der Waals surface area contributed by atoms with E-state index in [1.807, 2.05) is 12.4 Å². The van der Waals surface area contributed by atoms with Crippen LogP contribution in [0.25, 0.3) is 10.2 Å². The number of nitrogens with zero attached hydrogens (tertiary/aromatic N) is 2. The van der Waals surface area contributed by atoms with E-state index in [4.69, 9.17) is 0 Å². The van der Waals surface area contributed by atoms with Gasteiger partial charge < -0.3 is 10.6 Å². The summed E-state index contributed by atoms with van der Waals surface area (Å²) in [5.74, 6) is 1.52. The van der Waals surface area contributed by atoms with E-state index >= 15 is 0 Å². The van der Waals surface area contributed by atoms with Crippen LogP contribution >= 0.6 is 11.3 Å². The quantitative estimate of drug-likeness (QED) is 0.833. The lowest BCUT2D eigenvalue weighted by Gasteiger charge is -2.12. The second kappa shape index (κ2) is 5.23. The summed E-state index contributed by atoms with van der Waals surface area (Å²) >= 11 is 1.64. The first-order chi connectivity index (χ1) is 7.81. The molecule has 16 heavy (non-hydrogen) atoms. The second-order valence-corrected chi connectivity index (χ2v) is 4.80. The van der Waals surface area contributed by atoms with Gasteiger partial charge in [0.05, 0.1) is 5.39 Å². The van der Waals surface area contributed by atoms with Crippen molar-refractivity contribution in [2.75, 3.05) is 25.5 Å². The third kappa shape index (κ3) is 2.48. The fourth-order valence-corrected chi connectivity index (χ4v) is 2.36. The molecule has 5 heteroatoms. The Morgan fingerprint density at radius 2 is 2.25 bits per heavy atom. The van der Waals surface area contributed by atoms with E-state index in [1.165, 1.54) is 0 Å². The van der Waals surface area contributed by atoms with E-state index in [2.05, 4.69) is 33.6 Å². The molecule has 2 N–H and O–H groups in total. The van der Waals surface area contributed by atoms with E-state index in [0.717, 1.165) is 29.1 Å². The molecule has 0 aromatic carbocycles. The molecule has 0 aliphatic carbocycles. The molecule has 0 aliphatic heterocycles. The Morgan fingerprint density at radius 3 is 3.06 bits per heavy atom. The lowest BCUT2D eigenvalue weighted by atomic mass is 10.2. The Morgan fingerprint density at radius 1 is 1.38 bits per heavy atom. The van der Waals surface area contributed by atoms with Crippen LogP contribution in [-0.2, 0) is 0 Å². The smallest absolute Gasteiger partial charge is 0.138 e. The Labute approximate surface area is 99.1 Å². The molecule has 0 bridgehead atoms. The highest BCUT2D eigenvalue weighted by atomic mass is 32.1. The van der Waals surface area contributed by atoms with Crippen molar-refractivity contribution in [3.8, 4) is 0 Å². The van der Waals surface area contributed by atoms with Crippen molar-refractivity contribution in [3.05, 3.63) is 17.8 Å². The minimum Gasteiger partial charge on any atom is -0.369 e. The van der Waals surface area contributed by atoms with Gasteiger partial charge in [-0.15, -0.1) is 11.3 Å². The highest BCUT2D eigenvalue weighted by molar-refractivity contribution is 7.16. The number of thiophene rings is 1. The van der Waals surface area contributed by atoms with Crippen molar-refractivity contribution in [1.82, 2.24) is 15.3 Å². The van der Waals surface area contributed by atoms with Gasteiger partial charge in [-0.25, -0.2) is 9.97 Å². The van der Waals surface area contributed by atoms with E-state index in [-0.39, 0.29) is 0 Å². The highest BCUT2D eigenvalue weighted by Crippen LogP contribution is 2.23. The third-order valence-electron chi connectivity index (χ3n) is 2.43. The maximum atomic E-state index is 4.28. The predicted molar refractivity (Wildman–Crippen MR) is 69.0 cm³/mol. The van der Waals surface area contributed by atoms with Gasteiger partial charge in [-0.05, 0) is 31.0 Å². The Hall–Kier alpha value is -1.20. The molecule has 0 saturated heterocycles. The summed E-state index contributed by atoms with van der Waals surface area (Å²) in [5.41, 5.74) is 0. The van der Waals surface area contributed by atoms with Crippen LogP contribution in [0.3, 0.4) is 0 Å². The summed E-state index contributed by atoms with van der Waals surface area (Å²) in [7, 11) is 1.97. The first-order valence-electron chi connectivity index (χ1n) is 5.38. The average Bonchev–Trinajstić information content (AvgIpc) is 2.75. The molecule has 2 heterocycles. The zero-order chi connectivity index (χ0) is 11.4. The molecule has 4 nitrogen and oxygen atoms in total. The SMILES string of the molecule is CNCC(C)CNc1ncnc2sccc12. The highest BCUT2D eigenvalue weighted by Gasteiger charge is 2.05. The van der Waals surface area contributed by atoms with Gasteiger partial charge in [0.2, 0.25) is 0 Å². The number of hydrogen-bond acceptors (Lipinski definition) is 5. The first kappa shape index (κ1) is 11.3. The largest absolute Gasteiger partial charge is 0.369 e. The topological polar surface area (TPSA) is 49.8 Å². The molecule has 0 fully saturated rings. The zero-order valence-electron chi connectivity index (χ0n) is 9.53. The maximum Gasteiger partial charge on any atom is 0.138 e. The molecule has 2 aromatic heterocycles. The zero-order valence-corrected chi connectivity index (χ0v) is 10.3. The van der Waals surface area contributed by atoms with Crippen LogP contribution in [0.4, 0.5) is 5.82 Å². The molecule has 0 amide bonds. The van der Waals surface area contributed by atoms with Crippen molar-refractivity contribution >= 4 is 27.4 Å². The molecule has 0 saturated carbocycles. The van der Waals surface area contributed by atoms with E-state index in [1.54, 1.807) is 17.7 Å². The van der Waals surface area contributed by atoms with E-state index in [9.17, 15) is 0 Å². The molecule has 0 radical (unpaired) electrons. The fraction of sp³-hybridized carbons (Fsp3) is 0.455. The third-order valence-corrected chi connectivity index (χ3v) is 3.25. The summed E-state index contributed by atoms with van der Waals surface area (Å²) in [6.07, 6.45) is 1.61. The van der Waals surface area contributed by atoms with Crippen molar-refractivity contribution < 1.29 is 0 Å². The van der Waals surface area contributed by atoms with E-state index < -0.39 is 0 Å². The van der Waals surface area contributed by atoms with Gasteiger partial charge in [0.25, 0.3) is 0 Å². The Kier molecular flexibility index (Phi) is 3.69. The average molecular weight is 236 g/mol. The number of fused-ring (bicyclic) bond motifs is 1. The summed E-state index contributed by atoms with van der Waals surface area (Å²) in [5, 5.41) is 9.70. The van der Waals surface area contributed by atoms with Gasteiger partial charge in [0, 0.05) is 6.54 Å². The Bertz CT molecular complexity index is 454. The van der Waals surface area contributed by atoms with Gasteiger partial charge in [0.15, 0.2) is 0 Å². The number of hydrogen-bond donors (Lipinski definition) is 2. The lowest BCUT2D eigenvalue weighted by Crippen LogP contribution is -2.23. The van der Waals surface area contributed by atoms with Crippen molar-refractivity contribution in [2.24, 2.45) is 5.92 Å². The van der Waals surface area contributed by atoms with Gasteiger partial charge in [0.1, 0.15) is 17.0 Å². The monoisotopic (exact) mass is 236 g/mol. The molecule has 86 valence electrons. The van der Waals surface area contributed by atoms with Gasteiger partial charge in [-0.2, -0.15) is 0 Å². The van der Waals surface area contributed by atoms with Gasteiger partial charge in [-0.1, -0.05) is 6.92 Å². The van der Waals surface area contributed by atoms with Gasteiger partial charge >= 0.3 is 0 Å². The molecule has 0 spiro atoms. The summed E-state index contributed by atoms with van der Waals surface area (Å²) in [6.45, 7) is 4.13. The minimum atomic E-state index is 0.577.